The van der Waals surface area contributed by atoms with Gasteiger partial charge in [0, 0.05) is 18.6 Å². The monoisotopic (exact) mass is 403 g/mol. The number of carbonyl (C=O) groups is 2. The predicted octanol–water partition coefficient (Wildman–Crippen LogP) is 2.94. The Hall–Kier alpha value is -4.00. The lowest BCUT2D eigenvalue weighted by Crippen LogP contribution is -2.47. The Morgan fingerprint density at radius 1 is 0.867 bits per heavy atom. The number of hydrogen-bond donors (Lipinski definition) is 2. The molecule has 0 saturated carbocycles. The average Bonchev–Trinajstić information content (AvgIpc) is 2.75. The second-order valence-corrected chi connectivity index (χ2v) is 6.85. The lowest BCUT2D eigenvalue weighted by molar-refractivity contribution is -0.384. The number of nitro benzene ring substituents is 1. The molecule has 0 heterocycles. The first-order valence-corrected chi connectivity index (χ1v) is 9.38. The molecule has 3 aromatic rings. The number of nitro groups is 1. The van der Waals surface area contributed by atoms with E-state index in [0.29, 0.717) is 5.56 Å². The van der Waals surface area contributed by atoms with Crippen LogP contribution in [0.3, 0.4) is 0 Å². The first-order chi connectivity index (χ1) is 14.5. The largest absolute Gasteiger partial charge is 0.368 e. The van der Waals surface area contributed by atoms with Gasteiger partial charge in [-0.2, -0.15) is 0 Å². The molecule has 0 saturated heterocycles. The van der Waals surface area contributed by atoms with E-state index in [1.54, 1.807) is 12.1 Å². The summed E-state index contributed by atoms with van der Waals surface area (Å²) in [5.74, 6) is -1.63. The van der Waals surface area contributed by atoms with E-state index in [1.165, 1.54) is 12.1 Å². The molecule has 0 unspecified atom stereocenters. The smallest absolute Gasteiger partial charge is 0.269 e. The van der Waals surface area contributed by atoms with Gasteiger partial charge >= 0.3 is 0 Å². The normalized spacial score (nSPS) is 11.6. The molecule has 0 fully saturated rings. The Morgan fingerprint density at radius 2 is 1.37 bits per heavy atom. The van der Waals surface area contributed by atoms with Crippen molar-refractivity contribution in [2.45, 2.75) is 18.4 Å². The van der Waals surface area contributed by atoms with Crippen LogP contribution in [0.4, 0.5) is 5.69 Å². The van der Waals surface area contributed by atoms with Gasteiger partial charge in [-0.1, -0.05) is 72.8 Å². The van der Waals surface area contributed by atoms with Crippen molar-refractivity contribution in [2.24, 2.45) is 5.73 Å². The number of hydrogen-bond acceptors (Lipinski definition) is 4. The Kier molecular flexibility index (Phi) is 6.54. The molecule has 152 valence electrons. The van der Waals surface area contributed by atoms with Crippen LogP contribution in [-0.2, 0) is 16.0 Å². The minimum Gasteiger partial charge on any atom is -0.368 e. The fraction of sp³-hybridized carbons (Fsp3) is 0.130. The molecule has 3 aromatic carbocycles. The van der Waals surface area contributed by atoms with Crippen LogP contribution < -0.4 is 11.1 Å². The Morgan fingerprint density at radius 3 is 1.80 bits per heavy atom. The van der Waals surface area contributed by atoms with E-state index in [2.05, 4.69) is 5.32 Å². The number of nitrogens with two attached hydrogens (primary N) is 1. The summed E-state index contributed by atoms with van der Waals surface area (Å²) in [6.45, 7) is 0. The summed E-state index contributed by atoms with van der Waals surface area (Å²) in [5.41, 5.74) is 7.71. The number of carbonyl (C=O) groups excluding carboxylic acids is 2. The Labute approximate surface area is 173 Å². The number of nitrogens with one attached hydrogen (secondary N) is 1. The van der Waals surface area contributed by atoms with E-state index in [1.807, 2.05) is 60.7 Å². The van der Waals surface area contributed by atoms with E-state index in [0.717, 1.165) is 11.1 Å². The van der Waals surface area contributed by atoms with Crippen LogP contribution in [0, 0.1) is 10.1 Å². The van der Waals surface area contributed by atoms with Gasteiger partial charge in [-0.25, -0.2) is 0 Å². The molecular weight excluding hydrogens is 382 g/mol. The maximum atomic E-state index is 13.2. The van der Waals surface area contributed by atoms with Crippen LogP contribution in [0.1, 0.15) is 22.6 Å². The zero-order valence-corrected chi connectivity index (χ0v) is 16.1. The maximum absolute atomic E-state index is 13.2. The molecule has 3 rings (SSSR count). The molecule has 7 heteroatoms. The molecule has 7 nitrogen and oxygen atoms in total. The molecule has 0 aliphatic heterocycles. The van der Waals surface area contributed by atoms with E-state index >= 15 is 0 Å². The summed E-state index contributed by atoms with van der Waals surface area (Å²) in [6, 6.07) is 23.4. The number of benzene rings is 3. The third kappa shape index (κ3) is 5.08. The van der Waals surface area contributed by atoms with Crippen molar-refractivity contribution in [3.8, 4) is 0 Å². The summed E-state index contributed by atoms with van der Waals surface area (Å²) in [5, 5.41) is 13.6. The SMILES string of the molecule is NC(=O)[C@H](Cc1ccc([N+](=O)[O-])cc1)NC(=O)C(c1ccccc1)c1ccccc1. The van der Waals surface area contributed by atoms with Crippen LogP contribution in [0.25, 0.3) is 0 Å². The molecule has 0 spiro atoms. The fourth-order valence-electron chi connectivity index (χ4n) is 3.25. The first-order valence-electron chi connectivity index (χ1n) is 9.38. The molecule has 0 bridgehead atoms. The number of nitrogens with zero attached hydrogens (tertiary/aromatic N) is 1. The number of amides is 2. The standard InChI is InChI=1S/C23H21N3O4/c24-22(27)20(15-16-11-13-19(14-12-16)26(29)30)25-23(28)21(17-7-3-1-4-8-17)18-9-5-2-6-10-18/h1-14,20-21H,15H2,(H2,24,27)(H,25,28)/t20-/m0/s1. The zero-order valence-electron chi connectivity index (χ0n) is 16.1. The Bertz CT molecular complexity index is 982. The molecule has 1 atom stereocenters. The predicted molar refractivity (Wildman–Crippen MR) is 113 cm³/mol. The van der Waals surface area contributed by atoms with Gasteiger partial charge in [0.25, 0.3) is 5.69 Å². The van der Waals surface area contributed by atoms with Crippen molar-refractivity contribution in [3.63, 3.8) is 0 Å². The first kappa shape index (κ1) is 20.7. The minimum absolute atomic E-state index is 0.0494. The van der Waals surface area contributed by atoms with Crippen LogP contribution in [0.2, 0.25) is 0 Å². The molecule has 3 N–H and O–H groups in total. The van der Waals surface area contributed by atoms with Crippen LogP contribution in [0.5, 0.6) is 0 Å². The van der Waals surface area contributed by atoms with Gasteiger partial charge in [-0.15, -0.1) is 0 Å². The molecule has 0 aliphatic rings. The Balaban J connectivity index is 1.83. The molecule has 0 aromatic heterocycles. The molecule has 0 radical (unpaired) electrons. The van der Waals surface area contributed by atoms with Gasteiger partial charge in [-0.3, -0.25) is 19.7 Å². The van der Waals surface area contributed by atoms with Gasteiger partial charge in [-0.05, 0) is 16.7 Å². The lowest BCUT2D eigenvalue weighted by atomic mass is 9.90. The topological polar surface area (TPSA) is 115 Å². The van der Waals surface area contributed by atoms with Gasteiger partial charge in [0.2, 0.25) is 11.8 Å². The third-order valence-corrected chi connectivity index (χ3v) is 4.77. The van der Waals surface area contributed by atoms with Crippen LogP contribution >= 0.6 is 0 Å². The number of non-ortho nitro benzene ring substituents is 1. The van der Waals surface area contributed by atoms with E-state index in [4.69, 9.17) is 5.73 Å². The van der Waals surface area contributed by atoms with Gasteiger partial charge < -0.3 is 11.1 Å². The lowest BCUT2D eigenvalue weighted by Gasteiger charge is -2.22. The van der Waals surface area contributed by atoms with E-state index < -0.39 is 22.8 Å². The highest BCUT2D eigenvalue weighted by atomic mass is 16.6. The van der Waals surface area contributed by atoms with Crippen molar-refractivity contribution in [1.82, 2.24) is 5.32 Å². The second-order valence-electron chi connectivity index (χ2n) is 6.85. The fourth-order valence-corrected chi connectivity index (χ4v) is 3.25. The summed E-state index contributed by atoms with van der Waals surface area (Å²) in [6.07, 6.45) is 0.134. The summed E-state index contributed by atoms with van der Waals surface area (Å²) in [7, 11) is 0. The van der Waals surface area contributed by atoms with E-state index in [-0.39, 0.29) is 18.0 Å². The third-order valence-electron chi connectivity index (χ3n) is 4.77. The maximum Gasteiger partial charge on any atom is 0.269 e. The quantitative estimate of drug-likeness (QED) is 0.444. The molecular formula is C23H21N3O4. The van der Waals surface area contributed by atoms with Crippen molar-refractivity contribution in [1.29, 1.82) is 0 Å². The second kappa shape index (κ2) is 9.47. The highest BCUT2D eigenvalue weighted by Crippen LogP contribution is 2.25. The van der Waals surface area contributed by atoms with Crippen LogP contribution in [-0.4, -0.2) is 22.8 Å². The molecule has 2 amide bonds. The molecule has 0 aliphatic carbocycles. The average molecular weight is 403 g/mol. The van der Waals surface area contributed by atoms with E-state index in [9.17, 15) is 19.7 Å². The highest BCUT2D eigenvalue weighted by molar-refractivity contribution is 5.92. The van der Waals surface area contributed by atoms with Gasteiger partial charge in [0.1, 0.15) is 6.04 Å². The highest BCUT2D eigenvalue weighted by Gasteiger charge is 2.27. The summed E-state index contributed by atoms with van der Waals surface area (Å²) < 4.78 is 0. The molecule has 30 heavy (non-hydrogen) atoms. The number of rotatable bonds is 8. The van der Waals surface area contributed by atoms with Crippen molar-refractivity contribution in [2.75, 3.05) is 0 Å². The van der Waals surface area contributed by atoms with Crippen molar-refractivity contribution < 1.29 is 14.5 Å². The zero-order chi connectivity index (χ0) is 21.5. The minimum atomic E-state index is -0.950. The summed E-state index contributed by atoms with van der Waals surface area (Å²) >= 11 is 0. The van der Waals surface area contributed by atoms with Crippen molar-refractivity contribution >= 4 is 17.5 Å². The van der Waals surface area contributed by atoms with Gasteiger partial charge in [0.15, 0.2) is 0 Å². The van der Waals surface area contributed by atoms with Gasteiger partial charge in [0.05, 0.1) is 10.8 Å². The van der Waals surface area contributed by atoms with Crippen LogP contribution in [0.15, 0.2) is 84.9 Å². The summed E-state index contributed by atoms with van der Waals surface area (Å²) in [4.78, 5) is 35.5. The number of primary amides is 1. The van der Waals surface area contributed by atoms with Crippen molar-refractivity contribution in [3.05, 3.63) is 112 Å².